The number of hydrogen-bond donors (Lipinski definition) is 2. The molecule has 0 aromatic rings. The van der Waals surface area contributed by atoms with E-state index >= 15 is 0 Å². The van der Waals surface area contributed by atoms with E-state index in [-0.39, 0.29) is 11.8 Å². The lowest BCUT2D eigenvalue weighted by Gasteiger charge is -2.25. The number of aliphatic carboxylic acids is 1. The Labute approximate surface area is 105 Å². The second kappa shape index (κ2) is 5.73. The van der Waals surface area contributed by atoms with Crippen molar-refractivity contribution >= 4 is 23.6 Å². The lowest BCUT2D eigenvalue weighted by Crippen LogP contribution is -2.39. The molecule has 2 atom stereocenters. The molecule has 0 spiro atoms. The molecule has 1 amide bonds. The van der Waals surface area contributed by atoms with E-state index < -0.39 is 11.9 Å². The molecule has 0 bridgehead atoms. The van der Waals surface area contributed by atoms with Gasteiger partial charge in [-0.2, -0.15) is 11.8 Å². The molecule has 2 aliphatic rings. The molecule has 1 aliphatic heterocycles. The molecule has 1 saturated heterocycles. The van der Waals surface area contributed by atoms with Crippen molar-refractivity contribution in [2.45, 2.75) is 6.42 Å². The van der Waals surface area contributed by atoms with Crippen molar-refractivity contribution in [1.29, 1.82) is 0 Å². The van der Waals surface area contributed by atoms with Crippen LogP contribution in [0, 0.1) is 11.8 Å². The quantitative estimate of drug-likeness (QED) is 0.719. The van der Waals surface area contributed by atoms with Gasteiger partial charge in [-0.05, 0) is 6.42 Å². The number of amides is 1. The molecule has 1 saturated carbocycles. The van der Waals surface area contributed by atoms with Crippen LogP contribution in [0.25, 0.3) is 0 Å². The van der Waals surface area contributed by atoms with Gasteiger partial charge in [0, 0.05) is 37.7 Å². The summed E-state index contributed by atoms with van der Waals surface area (Å²) in [5, 5.41) is 11.5. The topological polar surface area (TPSA) is 69.6 Å². The summed E-state index contributed by atoms with van der Waals surface area (Å²) < 4.78 is 0. The summed E-state index contributed by atoms with van der Waals surface area (Å²) in [4.78, 5) is 24.5. The van der Waals surface area contributed by atoms with Crippen LogP contribution < -0.4 is 5.32 Å². The van der Waals surface area contributed by atoms with Gasteiger partial charge >= 0.3 is 5.97 Å². The fraction of sp³-hybridized carbons (Fsp3) is 0.818. The highest BCUT2D eigenvalue weighted by molar-refractivity contribution is 7.99. The van der Waals surface area contributed by atoms with Gasteiger partial charge in [-0.3, -0.25) is 14.5 Å². The first-order chi connectivity index (χ1) is 8.18. The predicted octanol–water partition coefficient (Wildman–Crippen LogP) is -0.128. The first-order valence-corrected chi connectivity index (χ1v) is 7.14. The Kier molecular flexibility index (Phi) is 4.28. The number of carboxylic acids is 1. The monoisotopic (exact) mass is 258 g/mol. The molecule has 2 N–H and O–H groups in total. The van der Waals surface area contributed by atoms with Gasteiger partial charge in [-0.25, -0.2) is 0 Å². The minimum Gasteiger partial charge on any atom is -0.481 e. The highest BCUT2D eigenvalue weighted by Gasteiger charge is 2.48. The average molecular weight is 258 g/mol. The molecule has 17 heavy (non-hydrogen) atoms. The SMILES string of the molecule is O=C(O)[C@H]1C[C@H]1C(=O)NCCN1CCSCC1. The standard InChI is InChI=1S/C11H18N2O3S/c14-10(8-7-9(8)11(15)16)12-1-2-13-3-5-17-6-4-13/h8-9H,1-7H2,(H,12,14)(H,15,16)/t8-,9+/m1/s1. The third-order valence-electron chi connectivity index (χ3n) is 3.28. The van der Waals surface area contributed by atoms with Gasteiger partial charge in [0.25, 0.3) is 0 Å². The van der Waals surface area contributed by atoms with E-state index in [1.807, 2.05) is 11.8 Å². The summed E-state index contributed by atoms with van der Waals surface area (Å²) in [6.45, 7) is 3.67. The number of carbonyl (C=O) groups excluding carboxylic acids is 1. The van der Waals surface area contributed by atoms with Gasteiger partial charge in [0.05, 0.1) is 11.8 Å². The Morgan fingerprint density at radius 2 is 2.00 bits per heavy atom. The van der Waals surface area contributed by atoms with Crippen LogP contribution in [0.1, 0.15) is 6.42 Å². The highest BCUT2D eigenvalue weighted by atomic mass is 32.2. The van der Waals surface area contributed by atoms with Crippen LogP contribution >= 0.6 is 11.8 Å². The summed E-state index contributed by atoms with van der Waals surface area (Å²) in [6, 6.07) is 0. The van der Waals surface area contributed by atoms with Gasteiger partial charge in [-0.1, -0.05) is 0 Å². The van der Waals surface area contributed by atoms with E-state index in [1.54, 1.807) is 0 Å². The molecule has 5 nitrogen and oxygen atoms in total. The van der Waals surface area contributed by atoms with Crippen molar-refractivity contribution in [2.75, 3.05) is 37.7 Å². The second-order valence-corrected chi connectivity index (χ2v) is 5.76. The van der Waals surface area contributed by atoms with E-state index in [9.17, 15) is 9.59 Å². The van der Waals surface area contributed by atoms with Crippen molar-refractivity contribution in [1.82, 2.24) is 10.2 Å². The Morgan fingerprint density at radius 3 is 2.59 bits per heavy atom. The van der Waals surface area contributed by atoms with Crippen LogP contribution in [0.3, 0.4) is 0 Å². The second-order valence-electron chi connectivity index (χ2n) is 4.53. The summed E-state index contributed by atoms with van der Waals surface area (Å²) in [7, 11) is 0. The highest BCUT2D eigenvalue weighted by Crippen LogP contribution is 2.38. The molecule has 1 aliphatic carbocycles. The molecule has 0 aromatic heterocycles. The fourth-order valence-electron chi connectivity index (χ4n) is 2.05. The van der Waals surface area contributed by atoms with Gasteiger partial charge in [-0.15, -0.1) is 0 Å². The minimum atomic E-state index is -0.849. The molecule has 1 heterocycles. The molecule has 96 valence electrons. The van der Waals surface area contributed by atoms with Crippen molar-refractivity contribution in [3.63, 3.8) is 0 Å². The normalized spacial score (nSPS) is 28.7. The molecule has 0 aromatic carbocycles. The number of carbonyl (C=O) groups is 2. The number of rotatable bonds is 5. The lowest BCUT2D eigenvalue weighted by atomic mass is 10.3. The maximum atomic E-state index is 11.6. The third-order valence-corrected chi connectivity index (χ3v) is 4.22. The smallest absolute Gasteiger partial charge is 0.307 e. The Bertz CT molecular complexity index is 305. The minimum absolute atomic E-state index is 0.0937. The molecular formula is C11H18N2O3S. The molecule has 0 radical (unpaired) electrons. The zero-order chi connectivity index (χ0) is 12.3. The summed E-state index contributed by atoms with van der Waals surface area (Å²) in [5.74, 6) is 0.655. The molecular weight excluding hydrogens is 240 g/mol. The van der Waals surface area contributed by atoms with Crippen LogP contribution in [0.4, 0.5) is 0 Å². The first kappa shape index (κ1) is 12.7. The van der Waals surface area contributed by atoms with E-state index in [4.69, 9.17) is 5.11 Å². The Balaban J connectivity index is 1.59. The predicted molar refractivity (Wildman–Crippen MR) is 66.0 cm³/mol. The summed E-state index contributed by atoms with van der Waals surface area (Å²) in [5.41, 5.74) is 0. The van der Waals surface area contributed by atoms with Crippen LogP contribution in [0.15, 0.2) is 0 Å². The zero-order valence-electron chi connectivity index (χ0n) is 9.72. The third kappa shape index (κ3) is 3.61. The van der Waals surface area contributed by atoms with Crippen molar-refractivity contribution in [3.05, 3.63) is 0 Å². The average Bonchev–Trinajstić information content (AvgIpc) is 3.10. The lowest BCUT2D eigenvalue weighted by molar-refractivity contribution is -0.140. The van der Waals surface area contributed by atoms with E-state index in [0.29, 0.717) is 13.0 Å². The Morgan fingerprint density at radius 1 is 1.29 bits per heavy atom. The number of nitrogens with zero attached hydrogens (tertiary/aromatic N) is 1. The number of carboxylic acid groups (broad SMARTS) is 1. The van der Waals surface area contributed by atoms with Gasteiger partial charge in [0.2, 0.25) is 5.91 Å². The first-order valence-electron chi connectivity index (χ1n) is 5.99. The van der Waals surface area contributed by atoms with E-state index in [2.05, 4.69) is 10.2 Å². The molecule has 6 heteroatoms. The van der Waals surface area contributed by atoms with Gasteiger partial charge in [0.15, 0.2) is 0 Å². The summed E-state index contributed by atoms with van der Waals surface area (Å²) in [6.07, 6.45) is 0.502. The summed E-state index contributed by atoms with van der Waals surface area (Å²) >= 11 is 1.96. The zero-order valence-corrected chi connectivity index (χ0v) is 10.5. The molecule has 2 rings (SSSR count). The molecule has 2 fully saturated rings. The number of hydrogen-bond acceptors (Lipinski definition) is 4. The Hall–Kier alpha value is -0.750. The largest absolute Gasteiger partial charge is 0.481 e. The van der Waals surface area contributed by atoms with Gasteiger partial charge < -0.3 is 10.4 Å². The van der Waals surface area contributed by atoms with Crippen molar-refractivity contribution in [3.8, 4) is 0 Å². The maximum Gasteiger partial charge on any atom is 0.307 e. The van der Waals surface area contributed by atoms with E-state index in [1.165, 1.54) is 0 Å². The van der Waals surface area contributed by atoms with Crippen LogP contribution in [0.2, 0.25) is 0 Å². The van der Waals surface area contributed by atoms with Crippen LogP contribution in [-0.2, 0) is 9.59 Å². The van der Waals surface area contributed by atoms with Crippen LogP contribution in [-0.4, -0.2) is 59.6 Å². The van der Waals surface area contributed by atoms with Gasteiger partial charge in [0.1, 0.15) is 0 Å². The van der Waals surface area contributed by atoms with Crippen LogP contribution in [0.5, 0.6) is 0 Å². The van der Waals surface area contributed by atoms with Crippen molar-refractivity contribution < 1.29 is 14.7 Å². The maximum absolute atomic E-state index is 11.6. The van der Waals surface area contributed by atoms with E-state index in [0.717, 1.165) is 31.1 Å². The van der Waals surface area contributed by atoms with Crippen molar-refractivity contribution in [2.24, 2.45) is 11.8 Å². The number of nitrogens with one attached hydrogen (secondary N) is 1. The molecule has 0 unspecified atom stereocenters. The number of thioether (sulfide) groups is 1. The fourth-order valence-corrected chi connectivity index (χ4v) is 3.03.